The van der Waals surface area contributed by atoms with E-state index in [9.17, 15) is 10.2 Å². The number of phenols is 2. The quantitative estimate of drug-likeness (QED) is 0.892. The average molecular weight is 314 g/mol. The second-order valence-corrected chi connectivity index (χ2v) is 6.21. The molecule has 4 heteroatoms. The number of rotatable bonds is 3. The fraction of sp³-hybridized carbons (Fsp3) is 0.368. The van der Waals surface area contributed by atoms with Gasteiger partial charge in [-0.1, -0.05) is 26.0 Å². The number of hydrogen-bond acceptors (Lipinski definition) is 4. The zero-order valence-electron chi connectivity index (χ0n) is 13.6. The molecule has 0 amide bonds. The second kappa shape index (κ2) is 6.13. The third kappa shape index (κ3) is 2.86. The van der Waals surface area contributed by atoms with Gasteiger partial charge in [0.05, 0.1) is 19.3 Å². The summed E-state index contributed by atoms with van der Waals surface area (Å²) >= 11 is 0. The Kier molecular flexibility index (Phi) is 4.18. The van der Waals surface area contributed by atoms with Crippen LogP contribution in [0.5, 0.6) is 17.2 Å². The maximum Gasteiger partial charge on any atom is 0.125 e. The highest BCUT2D eigenvalue weighted by atomic mass is 16.5. The first-order valence-electron chi connectivity index (χ1n) is 7.82. The fourth-order valence-corrected chi connectivity index (χ4v) is 3.26. The van der Waals surface area contributed by atoms with Crippen molar-refractivity contribution in [2.24, 2.45) is 11.8 Å². The van der Waals surface area contributed by atoms with Crippen LogP contribution in [-0.2, 0) is 4.74 Å². The molecular formula is C19H22O4. The van der Waals surface area contributed by atoms with Crippen molar-refractivity contribution in [3.8, 4) is 17.2 Å². The third-order valence-electron chi connectivity index (χ3n) is 4.84. The van der Waals surface area contributed by atoms with Crippen molar-refractivity contribution in [1.29, 1.82) is 0 Å². The molecule has 1 saturated heterocycles. The first-order chi connectivity index (χ1) is 11.0. The third-order valence-corrected chi connectivity index (χ3v) is 4.84. The lowest BCUT2D eigenvalue weighted by Gasteiger charge is -2.17. The highest BCUT2D eigenvalue weighted by Gasteiger charge is 2.41. The first kappa shape index (κ1) is 15.7. The molecule has 1 heterocycles. The van der Waals surface area contributed by atoms with Crippen LogP contribution in [0, 0.1) is 11.8 Å². The van der Waals surface area contributed by atoms with Gasteiger partial charge in [-0.05, 0) is 41.7 Å². The van der Waals surface area contributed by atoms with Crippen LogP contribution in [-0.4, -0.2) is 17.3 Å². The van der Waals surface area contributed by atoms with E-state index in [2.05, 4.69) is 13.8 Å². The molecule has 0 saturated carbocycles. The van der Waals surface area contributed by atoms with Crippen molar-refractivity contribution >= 4 is 0 Å². The fourth-order valence-electron chi connectivity index (χ4n) is 3.26. The molecule has 1 unspecified atom stereocenters. The number of hydrogen-bond donors (Lipinski definition) is 2. The van der Waals surface area contributed by atoms with Gasteiger partial charge >= 0.3 is 0 Å². The van der Waals surface area contributed by atoms with E-state index in [0.29, 0.717) is 5.92 Å². The van der Waals surface area contributed by atoms with Gasteiger partial charge in [-0.15, -0.1) is 0 Å². The summed E-state index contributed by atoms with van der Waals surface area (Å²) in [6, 6.07) is 12.6. The maximum absolute atomic E-state index is 10.1. The first-order valence-corrected chi connectivity index (χ1v) is 7.82. The van der Waals surface area contributed by atoms with Crippen LogP contribution in [0.15, 0.2) is 42.5 Å². The van der Waals surface area contributed by atoms with Crippen molar-refractivity contribution in [2.45, 2.75) is 26.1 Å². The van der Waals surface area contributed by atoms with Crippen LogP contribution >= 0.6 is 0 Å². The Morgan fingerprint density at radius 1 is 0.913 bits per heavy atom. The van der Waals surface area contributed by atoms with E-state index in [1.54, 1.807) is 19.2 Å². The van der Waals surface area contributed by atoms with E-state index >= 15 is 0 Å². The minimum Gasteiger partial charge on any atom is -0.508 e. The molecule has 2 aromatic rings. The summed E-state index contributed by atoms with van der Waals surface area (Å²) in [5.41, 5.74) is 1.82. The predicted octanol–water partition coefficient (Wildman–Crippen LogP) is 4.19. The molecule has 0 bridgehead atoms. The van der Waals surface area contributed by atoms with Crippen LogP contribution in [0.3, 0.4) is 0 Å². The van der Waals surface area contributed by atoms with Crippen molar-refractivity contribution in [3.63, 3.8) is 0 Å². The van der Waals surface area contributed by atoms with Gasteiger partial charge in [0.1, 0.15) is 17.2 Å². The van der Waals surface area contributed by atoms with Gasteiger partial charge in [-0.2, -0.15) is 0 Å². The summed E-state index contributed by atoms with van der Waals surface area (Å²) in [5, 5.41) is 19.6. The van der Waals surface area contributed by atoms with E-state index in [-0.39, 0.29) is 29.6 Å². The summed E-state index contributed by atoms with van der Waals surface area (Å²) in [5.74, 6) is 1.50. The summed E-state index contributed by atoms with van der Waals surface area (Å²) in [6.45, 7) is 4.29. The molecule has 0 radical (unpaired) electrons. The zero-order valence-corrected chi connectivity index (χ0v) is 13.6. The maximum atomic E-state index is 10.1. The molecule has 0 aliphatic carbocycles. The van der Waals surface area contributed by atoms with E-state index in [1.807, 2.05) is 24.3 Å². The van der Waals surface area contributed by atoms with Crippen LogP contribution in [0.1, 0.15) is 37.2 Å². The number of ether oxygens (including phenoxy) is 2. The van der Waals surface area contributed by atoms with E-state index < -0.39 is 0 Å². The summed E-state index contributed by atoms with van der Waals surface area (Å²) in [4.78, 5) is 0. The number of benzene rings is 2. The predicted molar refractivity (Wildman–Crippen MR) is 87.7 cm³/mol. The topological polar surface area (TPSA) is 58.9 Å². The summed E-state index contributed by atoms with van der Waals surface area (Å²) < 4.78 is 11.5. The number of aromatic hydroxyl groups is 2. The molecule has 1 fully saturated rings. The molecule has 4 nitrogen and oxygen atoms in total. The van der Waals surface area contributed by atoms with Crippen LogP contribution in [0.25, 0.3) is 0 Å². The van der Waals surface area contributed by atoms with Gasteiger partial charge in [0.25, 0.3) is 0 Å². The van der Waals surface area contributed by atoms with Crippen molar-refractivity contribution < 1.29 is 19.7 Å². The highest BCUT2D eigenvalue weighted by Crippen LogP contribution is 2.50. The van der Waals surface area contributed by atoms with E-state index in [4.69, 9.17) is 9.47 Å². The van der Waals surface area contributed by atoms with Gasteiger partial charge in [0.2, 0.25) is 0 Å². The molecule has 2 aromatic carbocycles. The number of methoxy groups -OCH3 is 1. The summed E-state index contributed by atoms with van der Waals surface area (Å²) in [6.07, 6.45) is -0.230. The van der Waals surface area contributed by atoms with Gasteiger partial charge in [0.15, 0.2) is 0 Å². The Labute approximate surface area is 136 Å². The Morgan fingerprint density at radius 2 is 1.57 bits per heavy atom. The van der Waals surface area contributed by atoms with Gasteiger partial charge in [-0.25, -0.2) is 0 Å². The molecule has 3 rings (SSSR count). The molecule has 1 aliphatic rings. The SMILES string of the molecule is COc1ccc([C@H]2O[C@H](c3ccc(O)cc3O)[C@@H](C)C2C)cc1. The lowest BCUT2D eigenvalue weighted by molar-refractivity contribution is 0.0278. The molecule has 2 N–H and O–H groups in total. The van der Waals surface area contributed by atoms with Crippen LogP contribution < -0.4 is 4.74 Å². The lowest BCUT2D eigenvalue weighted by atomic mass is 9.85. The van der Waals surface area contributed by atoms with Gasteiger partial charge < -0.3 is 19.7 Å². The standard InChI is InChI=1S/C19H22O4/c1-11-12(2)19(16-9-6-14(20)10-17(16)21)23-18(11)13-4-7-15(22-3)8-5-13/h4-12,18-21H,1-3H3/t11?,12-,18-,19-/m0/s1. The largest absolute Gasteiger partial charge is 0.508 e. The molecule has 4 atom stereocenters. The Balaban J connectivity index is 1.88. The molecule has 0 spiro atoms. The Morgan fingerprint density at radius 3 is 2.17 bits per heavy atom. The minimum atomic E-state index is -0.197. The molecule has 0 aromatic heterocycles. The van der Waals surface area contributed by atoms with Crippen molar-refractivity contribution in [2.75, 3.05) is 7.11 Å². The minimum absolute atomic E-state index is 0.0332. The van der Waals surface area contributed by atoms with E-state index in [1.165, 1.54) is 6.07 Å². The summed E-state index contributed by atoms with van der Waals surface area (Å²) in [7, 11) is 1.65. The number of phenolic OH excluding ortho intramolecular Hbond substituents is 2. The smallest absolute Gasteiger partial charge is 0.125 e. The zero-order chi connectivity index (χ0) is 16.6. The molecule has 23 heavy (non-hydrogen) atoms. The van der Waals surface area contributed by atoms with Crippen LogP contribution in [0.4, 0.5) is 0 Å². The van der Waals surface area contributed by atoms with Crippen molar-refractivity contribution in [3.05, 3.63) is 53.6 Å². The highest BCUT2D eigenvalue weighted by molar-refractivity contribution is 5.41. The van der Waals surface area contributed by atoms with Crippen LogP contribution in [0.2, 0.25) is 0 Å². The van der Waals surface area contributed by atoms with Crippen molar-refractivity contribution in [1.82, 2.24) is 0 Å². The van der Waals surface area contributed by atoms with Gasteiger partial charge in [-0.3, -0.25) is 0 Å². The van der Waals surface area contributed by atoms with E-state index in [0.717, 1.165) is 16.9 Å². The van der Waals surface area contributed by atoms with Gasteiger partial charge in [0, 0.05) is 11.6 Å². The lowest BCUT2D eigenvalue weighted by Crippen LogP contribution is -2.09. The molecular weight excluding hydrogens is 292 g/mol. The molecule has 1 aliphatic heterocycles. The second-order valence-electron chi connectivity index (χ2n) is 6.21. The Hall–Kier alpha value is -2.20. The normalized spacial score (nSPS) is 27.1. The Bertz CT molecular complexity index is 680. The monoisotopic (exact) mass is 314 g/mol. The molecule has 122 valence electrons. The average Bonchev–Trinajstić information content (AvgIpc) is 2.84.